The van der Waals surface area contributed by atoms with Crippen molar-refractivity contribution in [1.29, 1.82) is 0 Å². The van der Waals surface area contributed by atoms with Crippen LogP contribution in [0.4, 0.5) is 0 Å². The van der Waals surface area contributed by atoms with Crippen molar-refractivity contribution in [2.45, 2.75) is 26.7 Å². The van der Waals surface area contributed by atoms with E-state index in [1.165, 1.54) is 0 Å². The first-order valence-electron chi connectivity index (χ1n) is 8.46. The summed E-state index contributed by atoms with van der Waals surface area (Å²) in [5, 5.41) is 3.90. The van der Waals surface area contributed by atoms with Crippen LogP contribution in [0.5, 0.6) is 0 Å². The third-order valence-electron chi connectivity index (χ3n) is 4.24. The summed E-state index contributed by atoms with van der Waals surface area (Å²) in [4.78, 5) is 27.1. The molecule has 3 rings (SSSR count). The maximum Gasteiger partial charge on any atom is 0.251 e. The van der Waals surface area contributed by atoms with Crippen LogP contribution in [0.3, 0.4) is 0 Å². The molecule has 0 aliphatic heterocycles. The molecule has 1 amide bonds. The zero-order valence-corrected chi connectivity index (χ0v) is 14.6. The number of benzene rings is 2. The lowest BCUT2D eigenvalue weighted by Gasteiger charge is -2.07. The molecule has 0 fully saturated rings. The quantitative estimate of drug-likeness (QED) is 0.753. The van der Waals surface area contributed by atoms with E-state index in [9.17, 15) is 9.59 Å². The number of hydrogen-bond acceptors (Lipinski definition) is 2. The lowest BCUT2D eigenvalue weighted by molar-refractivity contribution is -0.120. The Morgan fingerprint density at radius 3 is 2.64 bits per heavy atom. The summed E-state index contributed by atoms with van der Waals surface area (Å²) in [5.41, 5.74) is 4.69. The van der Waals surface area contributed by atoms with E-state index in [4.69, 9.17) is 0 Å². The molecule has 0 unspecified atom stereocenters. The monoisotopic (exact) mass is 334 g/mol. The smallest absolute Gasteiger partial charge is 0.251 e. The van der Waals surface area contributed by atoms with Crippen molar-refractivity contribution in [2.75, 3.05) is 6.54 Å². The Hall–Kier alpha value is -2.88. The summed E-state index contributed by atoms with van der Waals surface area (Å²) in [6.45, 7) is 4.45. The van der Waals surface area contributed by atoms with Gasteiger partial charge in [0, 0.05) is 17.6 Å². The number of fused-ring (bicyclic) bond motifs is 1. The highest BCUT2D eigenvalue weighted by Gasteiger charge is 2.06. The predicted octanol–water partition coefficient (Wildman–Crippen LogP) is 3.05. The number of pyridine rings is 1. The fourth-order valence-corrected chi connectivity index (χ4v) is 2.95. The average Bonchev–Trinajstić information content (AvgIpc) is 2.55. The van der Waals surface area contributed by atoms with Gasteiger partial charge in [0.1, 0.15) is 0 Å². The van der Waals surface area contributed by atoms with Crippen molar-refractivity contribution in [3.8, 4) is 0 Å². The Labute approximate surface area is 146 Å². The van der Waals surface area contributed by atoms with Crippen LogP contribution >= 0.6 is 0 Å². The topological polar surface area (TPSA) is 62.0 Å². The Morgan fingerprint density at radius 1 is 1.04 bits per heavy atom. The summed E-state index contributed by atoms with van der Waals surface area (Å²) in [6, 6.07) is 15.8. The minimum absolute atomic E-state index is 0.0292. The van der Waals surface area contributed by atoms with Gasteiger partial charge in [-0.15, -0.1) is 0 Å². The first-order chi connectivity index (χ1) is 12.0. The minimum atomic E-state index is -0.0916. The first kappa shape index (κ1) is 17.0. The number of H-pyrrole nitrogens is 1. The summed E-state index contributed by atoms with van der Waals surface area (Å²) >= 11 is 0. The van der Waals surface area contributed by atoms with Crippen molar-refractivity contribution in [3.05, 3.63) is 81.1 Å². The van der Waals surface area contributed by atoms with Crippen molar-refractivity contribution in [1.82, 2.24) is 10.3 Å². The van der Waals surface area contributed by atoms with Gasteiger partial charge in [-0.25, -0.2) is 0 Å². The molecule has 0 radical (unpaired) electrons. The fraction of sp³-hybridized carbons (Fsp3) is 0.238. The molecular weight excluding hydrogens is 312 g/mol. The van der Waals surface area contributed by atoms with Crippen molar-refractivity contribution in [3.63, 3.8) is 0 Å². The molecule has 0 spiro atoms. The zero-order valence-electron chi connectivity index (χ0n) is 14.6. The van der Waals surface area contributed by atoms with E-state index in [1.807, 2.05) is 62.4 Å². The van der Waals surface area contributed by atoms with Crippen LogP contribution < -0.4 is 10.9 Å². The number of aromatic amines is 1. The van der Waals surface area contributed by atoms with E-state index in [1.54, 1.807) is 0 Å². The number of carbonyl (C=O) groups is 1. The Kier molecular flexibility index (Phi) is 4.98. The van der Waals surface area contributed by atoms with Gasteiger partial charge in [0.05, 0.1) is 6.42 Å². The van der Waals surface area contributed by atoms with Crippen LogP contribution in [0.2, 0.25) is 0 Å². The molecule has 0 saturated heterocycles. The highest BCUT2D eigenvalue weighted by molar-refractivity contribution is 5.80. The first-order valence-corrected chi connectivity index (χ1v) is 8.46. The van der Waals surface area contributed by atoms with E-state index in [-0.39, 0.29) is 11.5 Å². The molecule has 2 aromatic carbocycles. The molecule has 128 valence electrons. The molecule has 0 bridgehead atoms. The summed E-state index contributed by atoms with van der Waals surface area (Å²) in [7, 11) is 0. The van der Waals surface area contributed by atoms with Gasteiger partial charge in [0.15, 0.2) is 0 Å². The number of rotatable bonds is 5. The normalized spacial score (nSPS) is 10.8. The summed E-state index contributed by atoms with van der Waals surface area (Å²) in [5.74, 6) is -0.0292. The molecule has 4 heteroatoms. The van der Waals surface area contributed by atoms with E-state index >= 15 is 0 Å². The summed E-state index contributed by atoms with van der Waals surface area (Å²) < 4.78 is 0. The zero-order chi connectivity index (χ0) is 17.8. The molecule has 3 aromatic rings. The van der Waals surface area contributed by atoms with Gasteiger partial charge in [0.2, 0.25) is 5.91 Å². The molecule has 4 nitrogen and oxygen atoms in total. The number of hydrogen-bond donors (Lipinski definition) is 2. The van der Waals surface area contributed by atoms with Gasteiger partial charge < -0.3 is 10.3 Å². The SMILES string of the molecule is Cc1cccc(CC(=O)NCCc2cc3ccc(C)cc3[nH]c2=O)c1. The van der Waals surface area contributed by atoms with E-state index in [0.717, 1.165) is 27.6 Å². The molecule has 0 aliphatic carbocycles. The van der Waals surface area contributed by atoms with Gasteiger partial charge >= 0.3 is 0 Å². The fourth-order valence-electron chi connectivity index (χ4n) is 2.95. The molecule has 25 heavy (non-hydrogen) atoms. The second-order valence-corrected chi connectivity index (χ2v) is 6.48. The lowest BCUT2D eigenvalue weighted by atomic mass is 10.1. The number of aryl methyl sites for hydroxylation is 2. The second-order valence-electron chi connectivity index (χ2n) is 6.48. The number of nitrogens with one attached hydrogen (secondary N) is 2. The third-order valence-corrected chi connectivity index (χ3v) is 4.24. The van der Waals surface area contributed by atoms with Crippen LogP contribution in [0.1, 0.15) is 22.3 Å². The van der Waals surface area contributed by atoms with Gasteiger partial charge in [-0.05, 0) is 48.9 Å². The summed E-state index contributed by atoms with van der Waals surface area (Å²) in [6.07, 6.45) is 0.869. The third kappa shape index (κ3) is 4.35. The minimum Gasteiger partial charge on any atom is -0.355 e. The van der Waals surface area contributed by atoms with Gasteiger partial charge in [0.25, 0.3) is 5.56 Å². The Morgan fingerprint density at radius 2 is 1.84 bits per heavy atom. The standard InChI is InChI=1S/C21H22N2O2/c1-14-4-3-5-16(10-14)12-20(24)22-9-8-18-13-17-7-6-15(2)11-19(17)23-21(18)25/h3-7,10-11,13H,8-9,12H2,1-2H3,(H,22,24)(H,23,25). The highest BCUT2D eigenvalue weighted by Crippen LogP contribution is 2.13. The predicted molar refractivity (Wildman–Crippen MR) is 101 cm³/mol. The maximum absolute atomic E-state index is 12.2. The largest absolute Gasteiger partial charge is 0.355 e. The molecule has 2 N–H and O–H groups in total. The van der Waals surface area contributed by atoms with Crippen molar-refractivity contribution in [2.24, 2.45) is 0 Å². The number of aromatic nitrogens is 1. The maximum atomic E-state index is 12.2. The van der Waals surface area contributed by atoms with E-state index in [2.05, 4.69) is 10.3 Å². The van der Waals surface area contributed by atoms with Crippen LogP contribution in [-0.2, 0) is 17.6 Å². The van der Waals surface area contributed by atoms with Crippen LogP contribution in [0.25, 0.3) is 10.9 Å². The molecule has 1 heterocycles. The van der Waals surface area contributed by atoms with Crippen LogP contribution in [-0.4, -0.2) is 17.4 Å². The molecule has 0 aliphatic rings. The van der Waals surface area contributed by atoms with Crippen molar-refractivity contribution < 1.29 is 4.79 Å². The van der Waals surface area contributed by atoms with Gasteiger partial charge in [-0.1, -0.05) is 42.0 Å². The molecule has 1 aromatic heterocycles. The lowest BCUT2D eigenvalue weighted by Crippen LogP contribution is -2.28. The van der Waals surface area contributed by atoms with E-state index < -0.39 is 0 Å². The average molecular weight is 334 g/mol. The van der Waals surface area contributed by atoms with Gasteiger partial charge in [-0.2, -0.15) is 0 Å². The number of amides is 1. The Balaban J connectivity index is 1.61. The highest BCUT2D eigenvalue weighted by atomic mass is 16.1. The van der Waals surface area contributed by atoms with Gasteiger partial charge in [-0.3, -0.25) is 9.59 Å². The molecule has 0 saturated carbocycles. The molecule has 0 atom stereocenters. The Bertz CT molecular complexity index is 973. The number of carbonyl (C=O) groups excluding carboxylic acids is 1. The molecular formula is C21H22N2O2. The second kappa shape index (κ2) is 7.34. The van der Waals surface area contributed by atoms with Crippen LogP contribution in [0.15, 0.2) is 53.3 Å². The van der Waals surface area contributed by atoms with Crippen molar-refractivity contribution >= 4 is 16.8 Å². The van der Waals surface area contributed by atoms with E-state index in [0.29, 0.717) is 24.9 Å². The van der Waals surface area contributed by atoms with Crippen LogP contribution in [0, 0.1) is 13.8 Å².